The fourth-order valence-corrected chi connectivity index (χ4v) is 4.94. The van der Waals surface area contributed by atoms with Crippen LogP contribution in [0.15, 0.2) is 27.4 Å². The predicted molar refractivity (Wildman–Crippen MR) is 117 cm³/mol. The Bertz CT molecular complexity index is 1160. The highest BCUT2D eigenvalue weighted by atomic mass is 16.6. The van der Waals surface area contributed by atoms with Crippen molar-refractivity contribution in [3.63, 3.8) is 0 Å². The van der Waals surface area contributed by atoms with Gasteiger partial charge in [-0.15, -0.1) is 0 Å². The van der Waals surface area contributed by atoms with Crippen LogP contribution >= 0.6 is 0 Å². The smallest absolute Gasteiger partial charge is 0.351 e. The van der Waals surface area contributed by atoms with E-state index in [1.807, 2.05) is 41.5 Å². The third-order valence-electron chi connectivity index (χ3n) is 7.48. The van der Waals surface area contributed by atoms with Gasteiger partial charge in [-0.3, -0.25) is 9.59 Å². The molecule has 0 N–H and O–H groups in total. The van der Waals surface area contributed by atoms with Gasteiger partial charge >= 0.3 is 11.9 Å². The first-order valence-corrected chi connectivity index (χ1v) is 11.1. The second kappa shape index (κ2) is 7.36. The van der Waals surface area contributed by atoms with Crippen LogP contribution in [0.4, 0.5) is 0 Å². The molecule has 2 aliphatic rings. The van der Waals surface area contributed by atoms with E-state index in [4.69, 9.17) is 18.6 Å². The SMILES string of the molecule is CCc1cc(=O)c2ccc(OC(C)C)c(COC(=O)C34CCC(C)(C(=O)O3)C4(C)C)c2o1. The lowest BCUT2D eigenvalue weighted by molar-refractivity contribution is -0.184. The highest BCUT2D eigenvalue weighted by Gasteiger charge is 2.76. The number of carbonyl (C=O) groups is 2. The third kappa shape index (κ3) is 2.97. The van der Waals surface area contributed by atoms with E-state index in [0.29, 0.717) is 47.3 Å². The number of benzene rings is 1. The van der Waals surface area contributed by atoms with Crippen LogP contribution in [-0.2, 0) is 32.1 Å². The monoisotopic (exact) mass is 442 g/mol. The summed E-state index contributed by atoms with van der Waals surface area (Å²) in [5, 5.41) is 0.392. The zero-order chi connectivity index (χ0) is 23.5. The molecule has 1 aliphatic carbocycles. The first kappa shape index (κ1) is 22.4. The summed E-state index contributed by atoms with van der Waals surface area (Å²) in [6.45, 7) is 11.1. The second-order valence-corrected chi connectivity index (χ2v) is 9.77. The molecule has 1 aliphatic heterocycles. The zero-order valence-corrected chi connectivity index (χ0v) is 19.5. The zero-order valence-electron chi connectivity index (χ0n) is 19.5. The maximum atomic E-state index is 13.3. The maximum Gasteiger partial charge on any atom is 0.351 e. The van der Waals surface area contributed by atoms with Gasteiger partial charge in [0, 0.05) is 17.9 Å². The summed E-state index contributed by atoms with van der Waals surface area (Å²) in [5.41, 5.74) is -2.08. The molecule has 1 aromatic heterocycles. The first-order valence-electron chi connectivity index (χ1n) is 11.1. The first-order chi connectivity index (χ1) is 15.0. The van der Waals surface area contributed by atoms with Crippen LogP contribution in [-0.4, -0.2) is 23.6 Å². The molecular formula is C25H30O7. The van der Waals surface area contributed by atoms with Gasteiger partial charge in [-0.1, -0.05) is 20.8 Å². The Morgan fingerprint density at radius 2 is 1.88 bits per heavy atom. The standard InChI is InChI=1S/C25H30O7/c1-7-15-12-18(26)16-8-9-19(30-14(2)3)17(20(16)31-15)13-29-22(28)25-11-10-24(6,21(27)32-25)23(25,4)5/h8-9,12,14H,7,10-11,13H2,1-6H3. The number of esters is 2. The van der Waals surface area contributed by atoms with Crippen molar-refractivity contribution >= 4 is 22.9 Å². The minimum Gasteiger partial charge on any atom is -0.490 e. The fourth-order valence-electron chi connectivity index (χ4n) is 4.94. The second-order valence-electron chi connectivity index (χ2n) is 9.77. The predicted octanol–water partition coefficient (Wildman–Crippen LogP) is 4.31. The lowest BCUT2D eigenvalue weighted by Gasteiger charge is -2.34. The highest BCUT2D eigenvalue weighted by Crippen LogP contribution is 2.65. The van der Waals surface area contributed by atoms with Crippen molar-refractivity contribution in [1.82, 2.24) is 0 Å². The van der Waals surface area contributed by atoms with Gasteiger partial charge in [0.15, 0.2) is 5.43 Å². The van der Waals surface area contributed by atoms with E-state index in [9.17, 15) is 14.4 Å². The maximum absolute atomic E-state index is 13.3. The summed E-state index contributed by atoms with van der Waals surface area (Å²) in [7, 11) is 0. The molecule has 1 aromatic carbocycles. The molecular weight excluding hydrogens is 412 g/mol. The van der Waals surface area contributed by atoms with Crippen molar-refractivity contribution in [2.75, 3.05) is 0 Å². The molecule has 7 heteroatoms. The average molecular weight is 443 g/mol. The van der Waals surface area contributed by atoms with Gasteiger partial charge in [0.05, 0.1) is 22.5 Å². The van der Waals surface area contributed by atoms with Crippen molar-refractivity contribution in [3.05, 3.63) is 39.7 Å². The fraction of sp³-hybridized carbons (Fsp3) is 0.560. The lowest BCUT2D eigenvalue weighted by Crippen LogP contribution is -2.48. The minimum atomic E-state index is -1.32. The Morgan fingerprint density at radius 3 is 2.44 bits per heavy atom. The van der Waals surface area contributed by atoms with E-state index in [0.717, 1.165) is 0 Å². The number of ether oxygens (including phenoxy) is 3. The van der Waals surface area contributed by atoms with E-state index >= 15 is 0 Å². The van der Waals surface area contributed by atoms with Gasteiger partial charge < -0.3 is 18.6 Å². The van der Waals surface area contributed by atoms with E-state index < -0.39 is 22.4 Å². The van der Waals surface area contributed by atoms with E-state index in [2.05, 4.69) is 0 Å². The van der Waals surface area contributed by atoms with Crippen LogP contribution in [0.25, 0.3) is 11.0 Å². The minimum absolute atomic E-state index is 0.133. The van der Waals surface area contributed by atoms with Crippen LogP contribution < -0.4 is 10.2 Å². The molecule has 2 fully saturated rings. The molecule has 7 nitrogen and oxygen atoms in total. The Labute approximate surface area is 187 Å². The lowest BCUT2D eigenvalue weighted by atomic mass is 9.66. The Balaban J connectivity index is 1.73. The van der Waals surface area contributed by atoms with Crippen molar-refractivity contribution in [3.8, 4) is 5.75 Å². The number of hydrogen-bond donors (Lipinski definition) is 0. The van der Waals surface area contributed by atoms with E-state index in [1.54, 1.807) is 12.1 Å². The molecule has 32 heavy (non-hydrogen) atoms. The molecule has 1 saturated carbocycles. The molecule has 1 saturated heterocycles. The molecule has 2 aromatic rings. The van der Waals surface area contributed by atoms with Gasteiger partial charge in [-0.05, 0) is 45.7 Å². The molecule has 2 heterocycles. The average Bonchev–Trinajstić information content (AvgIpc) is 3.02. The van der Waals surface area contributed by atoms with Crippen molar-refractivity contribution in [2.45, 2.75) is 79.1 Å². The Morgan fingerprint density at radius 1 is 1.16 bits per heavy atom. The molecule has 0 spiro atoms. The van der Waals surface area contributed by atoms with Crippen LogP contribution in [0.5, 0.6) is 5.75 Å². The molecule has 2 bridgehead atoms. The summed E-state index contributed by atoms with van der Waals surface area (Å²) in [6.07, 6.45) is 1.40. The topological polar surface area (TPSA) is 92.0 Å². The van der Waals surface area contributed by atoms with Gasteiger partial charge in [0.2, 0.25) is 5.60 Å². The quantitative estimate of drug-likeness (QED) is 0.616. The number of rotatable bonds is 6. The normalized spacial score (nSPS) is 25.9. The van der Waals surface area contributed by atoms with Crippen molar-refractivity contribution in [2.24, 2.45) is 10.8 Å². The third-order valence-corrected chi connectivity index (χ3v) is 7.48. The Hall–Kier alpha value is -2.83. The van der Waals surface area contributed by atoms with Crippen LogP contribution in [0.3, 0.4) is 0 Å². The molecule has 2 unspecified atom stereocenters. The van der Waals surface area contributed by atoms with Crippen LogP contribution in [0.1, 0.15) is 65.7 Å². The summed E-state index contributed by atoms with van der Waals surface area (Å²) < 4.78 is 23.3. The van der Waals surface area contributed by atoms with Crippen LogP contribution in [0.2, 0.25) is 0 Å². The van der Waals surface area contributed by atoms with Crippen LogP contribution in [0, 0.1) is 10.8 Å². The summed E-state index contributed by atoms with van der Waals surface area (Å²) >= 11 is 0. The summed E-state index contributed by atoms with van der Waals surface area (Å²) in [5.74, 6) is 0.0674. The van der Waals surface area contributed by atoms with Gasteiger partial charge in [-0.25, -0.2) is 4.79 Å². The van der Waals surface area contributed by atoms with Gasteiger partial charge in [-0.2, -0.15) is 0 Å². The molecule has 4 rings (SSSR count). The van der Waals surface area contributed by atoms with E-state index in [-0.39, 0.29) is 24.1 Å². The highest BCUT2D eigenvalue weighted by molar-refractivity contribution is 5.93. The van der Waals surface area contributed by atoms with Gasteiger partial charge in [0.1, 0.15) is 23.7 Å². The van der Waals surface area contributed by atoms with E-state index in [1.165, 1.54) is 6.07 Å². The van der Waals surface area contributed by atoms with Gasteiger partial charge in [0.25, 0.3) is 0 Å². The van der Waals surface area contributed by atoms with Crippen molar-refractivity contribution in [1.29, 1.82) is 0 Å². The summed E-state index contributed by atoms with van der Waals surface area (Å²) in [6, 6.07) is 4.82. The number of fused-ring (bicyclic) bond motifs is 3. The molecule has 172 valence electrons. The molecule has 0 radical (unpaired) electrons. The largest absolute Gasteiger partial charge is 0.490 e. The molecule has 0 amide bonds. The summed E-state index contributed by atoms with van der Waals surface area (Å²) in [4.78, 5) is 38.4. The number of carbonyl (C=O) groups excluding carboxylic acids is 2. The van der Waals surface area contributed by atoms with Crippen molar-refractivity contribution < 1.29 is 28.2 Å². The number of hydrogen-bond acceptors (Lipinski definition) is 7. The number of aryl methyl sites for hydroxylation is 1. The Kier molecular flexibility index (Phi) is 5.14. The molecule has 2 atom stereocenters.